The third-order valence-corrected chi connectivity index (χ3v) is 11.6. The zero-order valence-electron chi connectivity index (χ0n) is 21.9. The second-order valence-corrected chi connectivity index (χ2v) is 13.0. The first-order valence-corrected chi connectivity index (χ1v) is 14.7. The highest BCUT2D eigenvalue weighted by atomic mass is 35.5. The summed E-state index contributed by atoms with van der Waals surface area (Å²) in [5.74, 6) is 3.36. The summed E-state index contributed by atoms with van der Waals surface area (Å²) in [6.45, 7) is 1.59. The molecule has 0 aliphatic heterocycles. The standard InChI is InChI=1S/C24H27ClN8O6S/c1-8(18-26-5-9(25)6-27-18)21(39-4)40(35,36)33-23(30-17-19(37-2)28-7-29-20(17)38-3)32-31-22(34)24-14-11-10-12(14)16(24)13(10)15(11)24/h5-8,10-16,21H,1-4H3,(H,31,34)(H2,30,32,33)/t8-,10?,11?,12?,13?,14?,15?,16?,21-,24?/m1/s1. The van der Waals surface area contributed by atoms with Gasteiger partial charge >= 0.3 is 0 Å². The smallest absolute Gasteiger partial charge is 0.284 e. The van der Waals surface area contributed by atoms with Crippen molar-refractivity contribution >= 4 is 39.2 Å². The van der Waals surface area contributed by atoms with E-state index >= 15 is 0 Å². The fraction of sp³-hybridized carbons (Fsp3) is 0.583. The van der Waals surface area contributed by atoms with E-state index in [-0.39, 0.29) is 40.6 Å². The van der Waals surface area contributed by atoms with E-state index in [1.54, 1.807) is 6.92 Å². The Morgan fingerprint density at radius 1 is 0.975 bits per heavy atom. The predicted molar refractivity (Wildman–Crippen MR) is 140 cm³/mol. The van der Waals surface area contributed by atoms with Gasteiger partial charge in [-0.25, -0.2) is 18.4 Å². The summed E-state index contributed by atoms with van der Waals surface area (Å²) in [5.41, 5.74) is 3.70. The molecule has 0 unspecified atom stereocenters. The number of nitrogens with one attached hydrogen (secondary N) is 3. The number of sulfonamides is 1. The van der Waals surface area contributed by atoms with Gasteiger partial charge in [-0.05, 0) is 41.4 Å². The molecule has 0 bridgehead atoms. The Balaban J connectivity index is 1.17. The molecule has 16 heteroatoms. The van der Waals surface area contributed by atoms with E-state index < -0.39 is 21.4 Å². The number of halogens is 1. The monoisotopic (exact) mass is 590 g/mol. The lowest BCUT2D eigenvalue weighted by Crippen LogP contribution is -3.07. The molecular weight excluding hydrogens is 564 g/mol. The summed E-state index contributed by atoms with van der Waals surface area (Å²) in [4.78, 5) is 29.7. The zero-order valence-corrected chi connectivity index (χ0v) is 23.5. The number of rotatable bonds is 9. The SMILES string of the molecule is COc1ncnc(OC)c1NC(=NS(=O)(=O)[C@@H](OC)[C@H](C)c1ncc(Cl)cn1)NNC(=O)C12C3C4C5C3C1C5C42. The number of amides is 1. The van der Waals surface area contributed by atoms with Gasteiger partial charge in [-0.1, -0.05) is 18.5 Å². The summed E-state index contributed by atoms with van der Waals surface area (Å²) in [6.07, 6.45) is 3.96. The Bertz CT molecular complexity index is 1470. The molecule has 2 atom stereocenters. The van der Waals surface area contributed by atoms with Crippen LogP contribution in [0.1, 0.15) is 18.7 Å². The molecule has 40 heavy (non-hydrogen) atoms. The highest BCUT2D eigenvalue weighted by Gasteiger charge is 3.06. The number of anilines is 1. The molecular formula is C24H27ClN8O6S. The number of hydrazine groups is 1. The van der Waals surface area contributed by atoms with Crippen LogP contribution >= 0.6 is 11.6 Å². The van der Waals surface area contributed by atoms with Gasteiger partial charge in [-0.2, -0.15) is 9.97 Å². The molecule has 1 amide bonds. The third-order valence-electron chi connectivity index (χ3n) is 9.77. The second-order valence-electron chi connectivity index (χ2n) is 10.9. The third kappa shape index (κ3) is 3.00. The molecule has 6 aliphatic rings. The number of carbonyl (C=O) groups excluding carboxylic acids is 1. The van der Waals surface area contributed by atoms with Crippen molar-refractivity contribution in [3.63, 3.8) is 0 Å². The molecule has 6 fully saturated rings. The average molecular weight is 591 g/mol. The maximum Gasteiger partial charge on any atom is 0.284 e. The Hall–Kier alpha value is -3.30. The van der Waals surface area contributed by atoms with Crippen LogP contribution in [0.5, 0.6) is 11.8 Å². The average Bonchev–Trinajstić information content (AvgIpc) is 2.96. The Labute approximate surface area is 234 Å². The van der Waals surface area contributed by atoms with E-state index in [1.807, 2.05) is 0 Å². The van der Waals surface area contributed by atoms with Crippen LogP contribution in [0.25, 0.3) is 0 Å². The topological polar surface area (TPSA) is 179 Å². The van der Waals surface area contributed by atoms with Gasteiger partial charge in [0.25, 0.3) is 10.0 Å². The lowest BCUT2D eigenvalue weighted by Gasteiger charge is -3.06. The minimum atomic E-state index is -4.41. The van der Waals surface area contributed by atoms with Crippen LogP contribution in [0.3, 0.4) is 0 Å². The van der Waals surface area contributed by atoms with E-state index in [4.69, 9.17) is 25.8 Å². The zero-order chi connectivity index (χ0) is 28.1. The van der Waals surface area contributed by atoms with Gasteiger partial charge in [0, 0.05) is 19.5 Å². The molecule has 6 aliphatic carbocycles. The van der Waals surface area contributed by atoms with Crippen LogP contribution in [0.15, 0.2) is 23.1 Å². The maximum atomic E-state index is 13.6. The van der Waals surface area contributed by atoms with Crippen molar-refractivity contribution in [2.45, 2.75) is 18.3 Å². The first-order valence-electron chi connectivity index (χ1n) is 12.8. The fourth-order valence-corrected chi connectivity index (χ4v) is 9.95. The molecule has 3 N–H and O–H groups in total. The quantitative estimate of drug-likeness (QED) is 0.213. The number of hydrogen-bond acceptors (Lipinski definition) is 10. The van der Waals surface area contributed by atoms with Crippen LogP contribution in [0.4, 0.5) is 5.69 Å². The number of methoxy groups -OCH3 is 3. The van der Waals surface area contributed by atoms with E-state index in [2.05, 4.69) is 40.5 Å². The van der Waals surface area contributed by atoms with Crippen LogP contribution in [0.2, 0.25) is 5.02 Å². The molecule has 2 aromatic heterocycles. The van der Waals surface area contributed by atoms with Crippen LogP contribution in [-0.2, 0) is 19.6 Å². The molecule has 14 nitrogen and oxygen atoms in total. The van der Waals surface area contributed by atoms with Gasteiger partial charge in [0.2, 0.25) is 23.6 Å². The summed E-state index contributed by atoms with van der Waals surface area (Å²) in [6, 6.07) is 0. The maximum absolute atomic E-state index is 13.6. The number of guanidine groups is 1. The molecule has 6 saturated carbocycles. The normalized spacial score (nSPS) is 34.8. The van der Waals surface area contributed by atoms with Gasteiger partial charge in [0.15, 0.2) is 11.1 Å². The highest BCUT2D eigenvalue weighted by molar-refractivity contribution is 7.90. The highest BCUT2D eigenvalue weighted by Crippen LogP contribution is 3.05. The van der Waals surface area contributed by atoms with Crippen molar-refractivity contribution in [2.75, 3.05) is 26.6 Å². The van der Waals surface area contributed by atoms with Gasteiger partial charge < -0.3 is 19.5 Å². The molecule has 2 heterocycles. The molecule has 0 spiro atoms. The van der Waals surface area contributed by atoms with Gasteiger partial charge in [0.1, 0.15) is 12.2 Å². The van der Waals surface area contributed by atoms with Gasteiger partial charge in [-0.15, -0.1) is 4.40 Å². The Kier molecular flexibility index (Phi) is 5.52. The molecule has 2 aromatic rings. The summed E-state index contributed by atoms with van der Waals surface area (Å²) < 4.78 is 47.0. The van der Waals surface area contributed by atoms with Crippen molar-refractivity contribution in [1.82, 2.24) is 30.8 Å². The van der Waals surface area contributed by atoms with E-state index in [0.29, 0.717) is 40.5 Å². The van der Waals surface area contributed by atoms with E-state index in [0.717, 1.165) is 5.92 Å². The molecule has 0 aromatic carbocycles. The molecule has 0 radical (unpaired) electrons. The van der Waals surface area contributed by atoms with Gasteiger partial charge in [-0.3, -0.25) is 15.6 Å². The summed E-state index contributed by atoms with van der Waals surface area (Å²) >= 11 is 5.88. The molecule has 8 rings (SSSR count). The van der Waals surface area contributed by atoms with Crippen LogP contribution < -0.4 is 25.6 Å². The van der Waals surface area contributed by atoms with E-state index in [1.165, 1.54) is 40.1 Å². The number of carbonyl (C=O) groups is 1. The number of aromatic nitrogens is 4. The minimum absolute atomic E-state index is 0.0672. The Morgan fingerprint density at radius 2 is 1.55 bits per heavy atom. The lowest BCUT2D eigenvalue weighted by atomic mass is 8.96. The Morgan fingerprint density at radius 3 is 2.08 bits per heavy atom. The van der Waals surface area contributed by atoms with Crippen molar-refractivity contribution in [3.05, 3.63) is 29.6 Å². The number of ether oxygens (including phenoxy) is 3. The van der Waals surface area contributed by atoms with Gasteiger partial charge in [0.05, 0.1) is 30.6 Å². The molecule has 212 valence electrons. The first-order chi connectivity index (χ1) is 19.2. The molecule has 0 saturated heterocycles. The van der Waals surface area contributed by atoms with Crippen molar-refractivity contribution < 1.29 is 27.4 Å². The van der Waals surface area contributed by atoms with Crippen molar-refractivity contribution in [1.29, 1.82) is 0 Å². The van der Waals surface area contributed by atoms with Crippen molar-refractivity contribution in [2.24, 2.45) is 51.2 Å². The lowest BCUT2D eigenvalue weighted by molar-refractivity contribution is -0.596. The fourth-order valence-electron chi connectivity index (χ4n) is 8.52. The largest absolute Gasteiger partial charge is 0.479 e. The summed E-state index contributed by atoms with van der Waals surface area (Å²) in [7, 11) is -0.389. The van der Waals surface area contributed by atoms with Crippen LogP contribution in [-0.4, -0.2) is 67.0 Å². The second kappa shape index (κ2) is 8.60. The first kappa shape index (κ1) is 25.7. The predicted octanol–water partition coefficient (Wildman–Crippen LogP) is 0.800. The number of nitrogens with zero attached hydrogens (tertiary/aromatic N) is 5. The van der Waals surface area contributed by atoms with Crippen molar-refractivity contribution in [3.8, 4) is 11.8 Å². The van der Waals surface area contributed by atoms with E-state index in [9.17, 15) is 13.2 Å². The minimum Gasteiger partial charge on any atom is -0.479 e. The number of hydrogen-bond donors (Lipinski definition) is 3. The van der Waals surface area contributed by atoms with Crippen LogP contribution in [0, 0.1) is 46.8 Å². The summed E-state index contributed by atoms with van der Waals surface area (Å²) in [5, 5.41) is 3.13.